The van der Waals surface area contributed by atoms with Gasteiger partial charge in [-0.1, -0.05) is 17.7 Å². The molecule has 3 nitrogen and oxygen atoms in total. The van der Waals surface area contributed by atoms with Crippen LogP contribution in [0.4, 0.5) is 5.82 Å². The number of anilines is 1. The normalized spacial score (nSPS) is 11.5. The molecule has 0 radical (unpaired) electrons. The summed E-state index contributed by atoms with van der Waals surface area (Å²) in [6.07, 6.45) is 0. The van der Waals surface area contributed by atoms with Crippen molar-refractivity contribution in [3.63, 3.8) is 0 Å². The van der Waals surface area contributed by atoms with Gasteiger partial charge in [-0.15, -0.1) is 0 Å². The molecule has 0 fully saturated rings. The van der Waals surface area contributed by atoms with E-state index in [1.807, 2.05) is 32.9 Å². The van der Waals surface area contributed by atoms with Gasteiger partial charge < -0.3 is 10.1 Å². The van der Waals surface area contributed by atoms with Gasteiger partial charge in [0.15, 0.2) is 0 Å². The second kappa shape index (κ2) is 5.33. The highest BCUT2D eigenvalue weighted by Gasteiger charge is 2.17. The van der Waals surface area contributed by atoms with E-state index in [-0.39, 0.29) is 5.60 Å². The van der Waals surface area contributed by atoms with Gasteiger partial charge >= 0.3 is 0 Å². The molecular formula is C11H17ClN2O. The summed E-state index contributed by atoms with van der Waals surface area (Å²) < 4.78 is 5.56. The zero-order valence-electron chi connectivity index (χ0n) is 9.38. The molecule has 1 rings (SSSR count). The lowest BCUT2D eigenvalue weighted by Gasteiger charge is -2.25. The summed E-state index contributed by atoms with van der Waals surface area (Å²) in [6.45, 7) is 7.47. The van der Waals surface area contributed by atoms with E-state index in [0.717, 1.165) is 5.82 Å². The molecule has 15 heavy (non-hydrogen) atoms. The standard InChI is InChI=1S/C11H17ClN2O/c1-4-15-11(2,3)8-13-10-7-5-6-9(12)14-10/h5-7H,4,8H2,1-3H3,(H,13,14). The van der Waals surface area contributed by atoms with E-state index in [1.165, 1.54) is 0 Å². The Bertz CT molecular complexity index is 315. The van der Waals surface area contributed by atoms with Gasteiger partial charge in [-0.3, -0.25) is 0 Å². The maximum absolute atomic E-state index is 5.77. The maximum atomic E-state index is 5.77. The first-order valence-corrected chi connectivity index (χ1v) is 5.42. The predicted octanol–water partition coefficient (Wildman–Crippen LogP) is 2.96. The topological polar surface area (TPSA) is 34.1 Å². The SMILES string of the molecule is CCOC(C)(C)CNc1cccc(Cl)n1. The molecule has 0 aromatic carbocycles. The van der Waals surface area contributed by atoms with Crippen LogP contribution < -0.4 is 5.32 Å². The van der Waals surface area contributed by atoms with Crippen molar-refractivity contribution >= 4 is 17.4 Å². The smallest absolute Gasteiger partial charge is 0.131 e. The number of hydrogen-bond donors (Lipinski definition) is 1. The van der Waals surface area contributed by atoms with Crippen molar-refractivity contribution in [1.82, 2.24) is 4.98 Å². The van der Waals surface area contributed by atoms with Crippen LogP contribution in [0.5, 0.6) is 0 Å². The minimum absolute atomic E-state index is 0.196. The molecule has 1 aromatic heterocycles. The number of aromatic nitrogens is 1. The summed E-state index contributed by atoms with van der Waals surface area (Å²) >= 11 is 5.77. The van der Waals surface area contributed by atoms with Gasteiger partial charge in [0, 0.05) is 13.2 Å². The fourth-order valence-corrected chi connectivity index (χ4v) is 1.42. The summed E-state index contributed by atoms with van der Waals surface area (Å²) in [5, 5.41) is 3.68. The molecule has 0 amide bonds. The lowest BCUT2D eigenvalue weighted by molar-refractivity contribution is 0.000643. The van der Waals surface area contributed by atoms with E-state index < -0.39 is 0 Å². The van der Waals surface area contributed by atoms with Gasteiger partial charge in [0.2, 0.25) is 0 Å². The van der Waals surface area contributed by atoms with Crippen LogP contribution in [0.1, 0.15) is 20.8 Å². The summed E-state index contributed by atoms with van der Waals surface area (Å²) in [5.74, 6) is 0.773. The third kappa shape index (κ3) is 4.49. The van der Waals surface area contributed by atoms with Crippen LogP contribution in [0.3, 0.4) is 0 Å². The first-order valence-electron chi connectivity index (χ1n) is 5.04. The van der Waals surface area contributed by atoms with Crippen LogP contribution in [0.25, 0.3) is 0 Å². The van der Waals surface area contributed by atoms with Crippen molar-refractivity contribution in [2.45, 2.75) is 26.4 Å². The second-order valence-corrected chi connectivity index (χ2v) is 4.28. The first kappa shape index (κ1) is 12.3. The fourth-order valence-electron chi connectivity index (χ4n) is 1.25. The Morgan fingerprint density at radius 2 is 2.20 bits per heavy atom. The molecule has 0 unspecified atom stereocenters. The maximum Gasteiger partial charge on any atom is 0.131 e. The zero-order chi connectivity index (χ0) is 11.3. The molecule has 0 aliphatic heterocycles. The van der Waals surface area contributed by atoms with Gasteiger partial charge in [0.1, 0.15) is 11.0 Å². The highest BCUT2D eigenvalue weighted by molar-refractivity contribution is 6.29. The Kier molecular flexibility index (Phi) is 4.36. The molecule has 0 spiro atoms. The van der Waals surface area contributed by atoms with E-state index >= 15 is 0 Å². The molecule has 1 heterocycles. The van der Waals surface area contributed by atoms with Gasteiger partial charge in [-0.2, -0.15) is 0 Å². The lowest BCUT2D eigenvalue weighted by Crippen LogP contribution is -2.33. The Morgan fingerprint density at radius 3 is 2.80 bits per heavy atom. The molecule has 4 heteroatoms. The molecule has 0 aliphatic carbocycles. The van der Waals surface area contributed by atoms with Crippen LogP contribution in [0, 0.1) is 0 Å². The third-order valence-electron chi connectivity index (χ3n) is 1.95. The summed E-state index contributed by atoms with van der Waals surface area (Å²) in [6, 6.07) is 5.50. The minimum Gasteiger partial charge on any atom is -0.374 e. The second-order valence-electron chi connectivity index (χ2n) is 3.89. The van der Waals surface area contributed by atoms with Crippen LogP contribution in [-0.2, 0) is 4.74 Å². The average Bonchev–Trinajstić information content (AvgIpc) is 2.15. The zero-order valence-corrected chi connectivity index (χ0v) is 10.1. The molecule has 0 aliphatic rings. The monoisotopic (exact) mass is 228 g/mol. The molecule has 84 valence electrons. The minimum atomic E-state index is -0.196. The number of rotatable bonds is 5. The van der Waals surface area contributed by atoms with Crippen molar-refractivity contribution in [1.29, 1.82) is 0 Å². The van der Waals surface area contributed by atoms with Crippen LogP contribution in [0.15, 0.2) is 18.2 Å². The lowest BCUT2D eigenvalue weighted by atomic mass is 10.1. The average molecular weight is 229 g/mol. The van der Waals surface area contributed by atoms with Crippen molar-refractivity contribution in [3.05, 3.63) is 23.4 Å². The number of nitrogens with one attached hydrogen (secondary N) is 1. The quantitative estimate of drug-likeness (QED) is 0.787. The van der Waals surface area contributed by atoms with E-state index in [0.29, 0.717) is 18.3 Å². The van der Waals surface area contributed by atoms with Gasteiger partial charge in [0.05, 0.1) is 5.60 Å². The van der Waals surface area contributed by atoms with Crippen molar-refractivity contribution < 1.29 is 4.74 Å². The highest BCUT2D eigenvalue weighted by Crippen LogP contribution is 2.13. The van der Waals surface area contributed by atoms with Gasteiger partial charge in [-0.25, -0.2) is 4.98 Å². The highest BCUT2D eigenvalue weighted by atomic mass is 35.5. The van der Waals surface area contributed by atoms with E-state index in [9.17, 15) is 0 Å². The molecule has 1 N–H and O–H groups in total. The van der Waals surface area contributed by atoms with E-state index in [1.54, 1.807) is 6.07 Å². The molecular weight excluding hydrogens is 212 g/mol. The summed E-state index contributed by atoms with van der Waals surface area (Å²) in [7, 11) is 0. The number of nitrogens with zero attached hydrogens (tertiary/aromatic N) is 1. The van der Waals surface area contributed by atoms with Crippen molar-refractivity contribution in [3.8, 4) is 0 Å². The molecule has 1 aromatic rings. The van der Waals surface area contributed by atoms with Crippen LogP contribution >= 0.6 is 11.6 Å². The number of pyridine rings is 1. The van der Waals surface area contributed by atoms with Crippen molar-refractivity contribution in [2.24, 2.45) is 0 Å². The molecule has 0 atom stereocenters. The summed E-state index contributed by atoms with van der Waals surface area (Å²) in [4.78, 5) is 4.14. The van der Waals surface area contributed by atoms with E-state index in [4.69, 9.17) is 16.3 Å². The molecule has 0 saturated heterocycles. The fraction of sp³-hybridized carbons (Fsp3) is 0.545. The van der Waals surface area contributed by atoms with E-state index in [2.05, 4.69) is 10.3 Å². The Morgan fingerprint density at radius 1 is 1.47 bits per heavy atom. The van der Waals surface area contributed by atoms with Crippen molar-refractivity contribution in [2.75, 3.05) is 18.5 Å². The van der Waals surface area contributed by atoms with Gasteiger partial charge in [-0.05, 0) is 32.9 Å². The number of ether oxygens (including phenoxy) is 1. The predicted molar refractivity (Wildman–Crippen MR) is 63.4 cm³/mol. The Labute approximate surface area is 95.8 Å². The van der Waals surface area contributed by atoms with Gasteiger partial charge in [0.25, 0.3) is 0 Å². The summed E-state index contributed by atoms with van der Waals surface area (Å²) in [5.41, 5.74) is -0.196. The third-order valence-corrected chi connectivity index (χ3v) is 2.16. The number of hydrogen-bond acceptors (Lipinski definition) is 3. The number of halogens is 1. The molecule has 0 bridgehead atoms. The first-order chi connectivity index (χ1) is 7.03. The Balaban J connectivity index is 2.49. The largest absolute Gasteiger partial charge is 0.374 e. The Hall–Kier alpha value is -0.800. The van der Waals surface area contributed by atoms with Crippen LogP contribution in [0.2, 0.25) is 5.15 Å². The van der Waals surface area contributed by atoms with Crippen LogP contribution in [-0.4, -0.2) is 23.7 Å². The molecule has 0 saturated carbocycles.